The molecule has 0 aliphatic carbocycles. The highest BCUT2D eigenvalue weighted by atomic mass is 79.9. The van der Waals surface area contributed by atoms with E-state index in [-0.39, 0.29) is 18.0 Å². The molecule has 1 unspecified atom stereocenters. The molecule has 2 aromatic carbocycles. The third-order valence-corrected chi connectivity index (χ3v) is 4.84. The van der Waals surface area contributed by atoms with E-state index in [4.69, 9.17) is 0 Å². The smallest absolute Gasteiger partial charge is 0.319 e. The lowest BCUT2D eigenvalue weighted by atomic mass is 10.1. The van der Waals surface area contributed by atoms with Gasteiger partial charge in [-0.15, -0.1) is 0 Å². The molecule has 0 aromatic heterocycles. The maximum atomic E-state index is 12.3. The number of carbonyl (C=O) groups excluding carboxylic acids is 2. The fraction of sp³-hybridized carbons (Fsp3) is 0.263. The Balaban J connectivity index is 1.62. The average Bonchev–Trinajstić information content (AvgIpc) is 2.90. The summed E-state index contributed by atoms with van der Waals surface area (Å²) in [7, 11) is 0. The number of rotatable bonds is 3. The van der Waals surface area contributed by atoms with Crippen LogP contribution >= 0.6 is 15.9 Å². The van der Waals surface area contributed by atoms with Crippen LogP contribution < -0.4 is 15.5 Å². The number of urea groups is 1. The number of aryl methyl sites for hydroxylation is 2. The molecule has 25 heavy (non-hydrogen) atoms. The molecular formula is C19H20BrN3O2. The van der Waals surface area contributed by atoms with Gasteiger partial charge >= 0.3 is 6.03 Å². The summed E-state index contributed by atoms with van der Waals surface area (Å²) >= 11 is 3.37. The Morgan fingerprint density at radius 3 is 2.68 bits per heavy atom. The van der Waals surface area contributed by atoms with E-state index < -0.39 is 0 Å². The zero-order valence-corrected chi connectivity index (χ0v) is 15.8. The Hall–Kier alpha value is -2.34. The van der Waals surface area contributed by atoms with Crippen molar-refractivity contribution in [1.82, 2.24) is 5.32 Å². The molecule has 2 N–H and O–H groups in total. The fourth-order valence-corrected chi connectivity index (χ4v) is 3.27. The first-order valence-corrected chi connectivity index (χ1v) is 8.92. The molecule has 0 bridgehead atoms. The van der Waals surface area contributed by atoms with Gasteiger partial charge in [-0.2, -0.15) is 0 Å². The van der Waals surface area contributed by atoms with E-state index >= 15 is 0 Å². The first kappa shape index (κ1) is 17.5. The number of amides is 3. The third kappa shape index (κ3) is 4.20. The van der Waals surface area contributed by atoms with Crippen molar-refractivity contribution in [3.63, 3.8) is 0 Å². The number of nitrogens with zero attached hydrogens (tertiary/aromatic N) is 1. The second-order valence-electron chi connectivity index (χ2n) is 6.28. The van der Waals surface area contributed by atoms with Crippen molar-refractivity contribution in [3.05, 3.63) is 58.1 Å². The van der Waals surface area contributed by atoms with Crippen molar-refractivity contribution in [1.29, 1.82) is 0 Å². The lowest BCUT2D eigenvalue weighted by Crippen LogP contribution is -2.39. The lowest BCUT2D eigenvalue weighted by molar-refractivity contribution is -0.117. The van der Waals surface area contributed by atoms with Crippen LogP contribution in [-0.4, -0.2) is 24.5 Å². The molecule has 3 amide bonds. The Morgan fingerprint density at radius 2 is 1.96 bits per heavy atom. The minimum Gasteiger partial charge on any atom is -0.333 e. The summed E-state index contributed by atoms with van der Waals surface area (Å²) in [4.78, 5) is 26.2. The topological polar surface area (TPSA) is 61.4 Å². The van der Waals surface area contributed by atoms with E-state index in [0.29, 0.717) is 18.7 Å². The summed E-state index contributed by atoms with van der Waals surface area (Å²) in [6.07, 6.45) is 0.304. The molecule has 0 spiro atoms. The van der Waals surface area contributed by atoms with Gasteiger partial charge in [0.05, 0.1) is 6.04 Å². The van der Waals surface area contributed by atoms with Crippen LogP contribution in [0.25, 0.3) is 0 Å². The fourth-order valence-electron chi connectivity index (χ4n) is 2.87. The summed E-state index contributed by atoms with van der Waals surface area (Å²) < 4.78 is 0.891. The number of hydrogen-bond donors (Lipinski definition) is 2. The van der Waals surface area contributed by atoms with E-state index in [1.807, 2.05) is 56.3 Å². The van der Waals surface area contributed by atoms with Gasteiger partial charge < -0.3 is 15.5 Å². The minimum absolute atomic E-state index is 0.0241. The van der Waals surface area contributed by atoms with Gasteiger partial charge in [-0.25, -0.2) is 4.79 Å². The molecular weight excluding hydrogens is 382 g/mol. The minimum atomic E-state index is -0.308. The van der Waals surface area contributed by atoms with Crippen LogP contribution in [0.2, 0.25) is 0 Å². The van der Waals surface area contributed by atoms with E-state index in [1.165, 1.54) is 5.56 Å². The number of halogens is 1. The SMILES string of the molecule is Cc1ccc(N2CC(NC(=O)Nc3cccc(Br)c3)CC2=O)cc1C. The van der Waals surface area contributed by atoms with Crippen LogP contribution in [-0.2, 0) is 4.79 Å². The second kappa shape index (κ2) is 7.27. The number of carbonyl (C=O) groups is 2. The van der Waals surface area contributed by atoms with Crippen LogP contribution in [0.5, 0.6) is 0 Å². The van der Waals surface area contributed by atoms with Gasteiger partial charge in [0.25, 0.3) is 0 Å². The standard InChI is InChI=1S/C19H20BrN3O2/c1-12-6-7-17(8-13(12)2)23-11-16(10-18(23)24)22-19(25)21-15-5-3-4-14(20)9-15/h3-9,16H,10-11H2,1-2H3,(H2,21,22,25). The maximum absolute atomic E-state index is 12.3. The van der Waals surface area contributed by atoms with Gasteiger partial charge in [0, 0.05) is 28.8 Å². The van der Waals surface area contributed by atoms with Crippen LogP contribution in [0.1, 0.15) is 17.5 Å². The Kier molecular flexibility index (Phi) is 5.08. The molecule has 2 aromatic rings. The van der Waals surface area contributed by atoms with Crippen LogP contribution in [0.4, 0.5) is 16.2 Å². The van der Waals surface area contributed by atoms with Crippen molar-refractivity contribution in [2.24, 2.45) is 0 Å². The maximum Gasteiger partial charge on any atom is 0.319 e. The summed E-state index contributed by atoms with van der Waals surface area (Å²) in [5, 5.41) is 5.66. The van der Waals surface area contributed by atoms with Gasteiger partial charge in [-0.1, -0.05) is 28.1 Å². The highest BCUT2D eigenvalue weighted by molar-refractivity contribution is 9.10. The first-order chi connectivity index (χ1) is 11.9. The molecule has 130 valence electrons. The average molecular weight is 402 g/mol. The quantitative estimate of drug-likeness (QED) is 0.816. The van der Waals surface area contributed by atoms with Crippen LogP contribution in [0.3, 0.4) is 0 Å². The van der Waals surface area contributed by atoms with Crippen LogP contribution in [0, 0.1) is 13.8 Å². The third-order valence-electron chi connectivity index (χ3n) is 4.34. The summed E-state index contributed by atoms with van der Waals surface area (Å²) in [5.74, 6) is 0.0241. The molecule has 1 atom stereocenters. The van der Waals surface area contributed by atoms with E-state index in [1.54, 1.807) is 4.90 Å². The predicted octanol–water partition coefficient (Wildman–Crippen LogP) is 3.99. The van der Waals surface area contributed by atoms with Crippen molar-refractivity contribution in [2.75, 3.05) is 16.8 Å². The van der Waals surface area contributed by atoms with Crippen molar-refractivity contribution in [3.8, 4) is 0 Å². The Morgan fingerprint density at radius 1 is 1.16 bits per heavy atom. The summed E-state index contributed by atoms with van der Waals surface area (Å²) in [6.45, 7) is 4.55. The zero-order valence-electron chi connectivity index (χ0n) is 14.2. The molecule has 1 aliphatic heterocycles. The molecule has 0 radical (unpaired) electrons. The largest absolute Gasteiger partial charge is 0.333 e. The number of benzene rings is 2. The van der Waals surface area contributed by atoms with Gasteiger partial charge in [-0.3, -0.25) is 4.79 Å². The van der Waals surface area contributed by atoms with E-state index in [2.05, 4.69) is 26.6 Å². The molecule has 3 rings (SSSR count). The Labute approximate surface area is 155 Å². The van der Waals surface area contributed by atoms with Gasteiger partial charge in [-0.05, 0) is 55.3 Å². The first-order valence-electron chi connectivity index (χ1n) is 8.13. The number of nitrogens with one attached hydrogen (secondary N) is 2. The number of anilines is 2. The molecule has 1 aliphatic rings. The number of hydrogen-bond acceptors (Lipinski definition) is 2. The Bertz CT molecular complexity index is 822. The second-order valence-corrected chi connectivity index (χ2v) is 7.20. The van der Waals surface area contributed by atoms with E-state index in [9.17, 15) is 9.59 Å². The molecule has 0 saturated carbocycles. The van der Waals surface area contributed by atoms with Crippen LogP contribution in [0.15, 0.2) is 46.9 Å². The lowest BCUT2D eigenvalue weighted by Gasteiger charge is -2.18. The van der Waals surface area contributed by atoms with Crippen molar-refractivity contribution in [2.45, 2.75) is 26.3 Å². The zero-order chi connectivity index (χ0) is 18.0. The van der Waals surface area contributed by atoms with Gasteiger partial charge in [0.1, 0.15) is 0 Å². The summed E-state index contributed by atoms with van der Waals surface area (Å²) in [6, 6.07) is 12.8. The molecule has 5 nitrogen and oxygen atoms in total. The van der Waals surface area contributed by atoms with E-state index in [0.717, 1.165) is 15.7 Å². The monoisotopic (exact) mass is 401 g/mol. The van der Waals surface area contributed by atoms with Gasteiger partial charge in [0.15, 0.2) is 0 Å². The highest BCUT2D eigenvalue weighted by Gasteiger charge is 2.31. The van der Waals surface area contributed by atoms with Crippen molar-refractivity contribution >= 4 is 39.2 Å². The molecule has 1 saturated heterocycles. The molecule has 1 heterocycles. The van der Waals surface area contributed by atoms with Crippen molar-refractivity contribution < 1.29 is 9.59 Å². The molecule has 6 heteroatoms. The molecule has 1 fully saturated rings. The highest BCUT2D eigenvalue weighted by Crippen LogP contribution is 2.24. The predicted molar refractivity (Wildman–Crippen MR) is 103 cm³/mol. The normalized spacial score (nSPS) is 16.8. The summed E-state index contributed by atoms with van der Waals surface area (Å²) in [5.41, 5.74) is 3.92. The van der Waals surface area contributed by atoms with Gasteiger partial charge in [0.2, 0.25) is 5.91 Å².